The normalized spacial score (nSPS) is 49.8. The Morgan fingerprint density at radius 1 is 1.38 bits per heavy atom. The molecule has 1 saturated carbocycles. The van der Waals surface area contributed by atoms with E-state index in [1.807, 2.05) is 0 Å². The van der Waals surface area contributed by atoms with Crippen molar-refractivity contribution in [3.05, 3.63) is 0 Å². The highest BCUT2D eigenvalue weighted by atomic mass is 16.5. The van der Waals surface area contributed by atoms with Crippen molar-refractivity contribution < 1.29 is 4.74 Å². The summed E-state index contributed by atoms with van der Waals surface area (Å²) in [6.45, 7) is 4.60. The first kappa shape index (κ1) is 8.25. The lowest BCUT2D eigenvalue weighted by molar-refractivity contribution is 0.175. The molecule has 2 heterocycles. The summed E-state index contributed by atoms with van der Waals surface area (Å²) in [7, 11) is 0. The zero-order chi connectivity index (χ0) is 8.73. The van der Waals surface area contributed by atoms with E-state index in [0.717, 1.165) is 30.5 Å². The molecular formula is C11H19NO. The minimum absolute atomic E-state index is 0.719. The predicted molar refractivity (Wildman–Crippen MR) is 51.6 cm³/mol. The number of piperidine rings is 1. The highest BCUT2D eigenvalue weighted by Gasteiger charge is 2.57. The molecule has 2 nitrogen and oxygen atoms in total. The van der Waals surface area contributed by atoms with Crippen LogP contribution in [0.2, 0.25) is 0 Å². The van der Waals surface area contributed by atoms with Gasteiger partial charge in [0.2, 0.25) is 0 Å². The molecule has 0 bridgehead atoms. The highest BCUT2D eigenvalue weighted by Crippen LogP contribution is 2.61. The molecule has 0 aromatic carbocycles. The summed E-state index contributed by atoms with van der Waals surface area (Å²) in [4.78, 5) is 0. The van der Waals surface area contributed by atoms with Gasteiger partial charge in [-0.25, -0.2) is 0 Å². The van der Waals surface area contributed by atoms with E-state index in [1.165, 1.54) is 38.8 Å². The highest BCUT2D eigenvalue weighted by molar-refractivity contribution is 5.07. The van der Waals surface area contributed by atoms with Gasteiger partial charge in [-0.15, -0.1) is 0 Å². The van der Waals surface area contributed by atoms with Crippen LogP contribution in [0.15, 0.2) is 0 Å². The smallest absolute Gasteiger partial charge is 0.0497 e. The fourth-order valence-corrected chi connectivity index (χ4v) is 3.40. The summed E-state index contributed by atoms with van der Waals surface area (Å²) in [5, 5.41) is 3.55. The van der Waals surface area contributed by atoms with E-state index < -0.39 is 0 Å². The molecule has 3 rings (SSSR count). The van der Waals surface area contributed by atoms with Gasteiger partial charge in [0.1, 0.15) is 0 Å². The SMILES string of the molecule is C1CNCC2(C1)CC2C1CCOC1. The van der Waals surface area contributed by atoms with Crippen LogP contribution in [0.4, 0.5) is 0 Å². The molecule has 2 aliphatic heterocycles. The molecule has 3 atom stereocenters. The van der Waals surface area contributed by atoms with Crippen LogP contribution >= 0.6 is 0 Å². The predicted octanol–water partition coefficient (Wildman–Crippen LogP) is 1.41. The van der Waals surface area contributed by atoms with Gasteiger partial charge in [-0.2, -0.15) is 0 Å². The van der Waals surface area contributed by atoms with Crippen LogP contribution in [0.3, 0.4) is 0 Å². The first-order chi connectivity index (χ1) is 6.41. The molecule has 0 radical (unpaired) electrons. The average Bonchev–Trinajstić information content (AvgIpc) is 2.68. The number of hydrogen-bond donors (Lipinski definition) is 1. The minimum atomic E-state index is 0.719. The quantitative estimate of drug-likeness (QED) is 0.660. The zero-order valence-electron chi connectivity index (χ0n) is 8.22. The summed E-state index contributed by atoms with van der Waals surface area (Å²) in [6.07, 6.45) is 5.67. The standard InChI is InChI=1S/C11H19NO/c1-3-11(8-12-4-1)6-10(11)9-2-5-13-7-9/h9-10,12H,1-8H2. The lowest BCUT2D eigenvalue weighted by Gasteiger charge is -2.25. The van der Waals surface area contributed by atoms with Gasteiger partial charge in [0.25, 0.3) is 0 Å². The Kier molecular flexibility index (Phi) is 1.88. The molecule has 0 aromatic rings. The minimum Gasteiger partial charge on any atom is -0.381 e. The van der Waals surface area contributed by atoms with Crippen LogP contribution in [0.25, 0.3) is 0 Å². The zero-order valence-corrected chi connectivity index (χ0v) is 8.22. The van der Waals surface area contributed by atoms with Crippen molar-refractivity contribution in [3.8, 4) is 0 Å². The van der Waals surface area contributed by atoms with Crippen molar-refractivity contribution >= 4 is 0 Å². The topological polar surface area (TPSA) is 21.3 Å². The first-order valence-corrected chi connectivity index (χ1v) is 5.69. The molecule has 0 amide bonds. The Morgan fingerprint density at radius 3 is 3.08 bits per heavy atom. The molecular weight excluding hydrogens is 162 g/mol. The van der Waals surface area contributed by atoms with Crippen LogP contribution < -0.4 is 5.32 Å². The summed E-state index contributed by atoms with van der Waals surface area (Å²) >= 11 is 0. The fraction of sp³-hybridized carbons (Fsp3) is 1.00. The maximum absolute atomic E-state index is 5.47. The molecule has 0 aromatic heterocycles. The molecule has 74 valence electrons. The van der Waals surface area contributed by atoms with Crippen molar-refractivity contribution in [3.63, 3.8) is 0 Å². The van der Waals surface area contributed by atoms with Gasteiger partial charge in [0.05, 0.1) is 0 Å². The first-order valence-electron chi connectivity index (χ1n) is 5.69. The number of rotatable bonds is 1. The Bertz CT molecular complexity index is 192. The Morgan fingerprint density at radius 2 is 2.38 bits per heavy atom. The van der Waals surface area contributed by atoms with E-state index in [2.05, 4.69) is 5.32 Å². The second-order valence-electron chi connectivity index (χ2n) is 5.08. The molecule has 3 aliphatic rings. The monoisotopic (exact) mass is 181 g/mol. The molecule has 1 N–H and O–H groups in total. The lowest BCUT2D eigenvalue weighted by Crippen LogP contribution is -2.33. The fourth-order valence-electron chi connectivity index (χ4n) is 3.40. The largest absolute Gasteiger partial charge is 0.381 e. The Balaban J connectivity index is 1.63. The molecule has 3 fully saturated rings. The van der Waals surface area contributed by atoms with Crippen molar-refractivity contribution in [2.45, 2.75) is 25.7 Å². The molecule has 2 saturated heterocycles. The molecule has 1 spiro atoms. The second kappa shape index (κ2) is 2.96. The summed E-state index contributed by atoms with van der Waals surface area (Å²) in [5.41, 5.74) is 0.719. The summed E-state index contributed by atoms with van der Waals surface area (Å²) < 4.78 is 5.47. The van der Waals surface area contributed by atoms with Crippen molar-refractivity contribution in [2.24, 2.45) is 17.3 Å². The van der Waals surface area contributed by atoms with E-state index in [9.17, 15) is 0 Å². The summed E-state index contributed by atoms with van der Waals surface area (Å²) in [5.74, 6) is 1.91. The van der Waals surface area contributed by atoms with E-state index in [0.29, 0.717) is 0 Å². The van der Waals surface area contributed by atoms with Crippen molar-refractivity contribution in [2.75, 3.05) is 26.3 Å². The van der Waals surface area contributed by atoms with Crippen LogP contribution in [0, 0.1) is 17.3 Å². The second-order valence-corrected chi connectivity index (χ2v) is 5.08. The maximum Gasteiger partial charge on any atom is 0.0497 e. The van der Waals surface area contributed by atoms with Gasteiger partial charge in [0, 0.05) is 19.8 Å². The Labute approximate surface area is 80.0 Å². The van der Waals surface area contributed by atoms with E-state index in [-0.39, 0.29) is 0 Å². The molecule has 3 unspecified atom stereocenters. The number of hydrogen-bond acceptors (Lipinski definition) is 2. The van der Waals surface area contributed by atoms with E-state index in [4.69, 9.17) is 4.74 Å². The van der Waals surface area contributed by atoms with Gasteiger partial charge < -0.3 is 10.1 Å². The van der Waals surface area contributed by atoms with Crippen molar-refractivity contribution in [1.82, 2.24) is 5.32 Å². The lowest BCUT2D eigenvalue weighted by atomic mass is 9.88. The third kappa shape index (κ3) is 1.31. The van der Waals surface area contributed by atoms with Crippen LogP contribution in [-0.4, -0.2) is 26.3 Å². The van der Waals surface area contributed by atoms with Crippen LogP contribution in [-0.2, 0) is 4.74 Å². The number of nitrogens with one attached hydrogen (secondary N) is 1. The number of ether oxygens (including phenoxy) is 1. The average molecular weight is 181 g/mol. The van der Waals surface area contributed by atoms with E-state index in [1.54, 1.807) is 0 Å². The van der Waals surface area contributed by atoms with Gasteiger partial charge in [-0.3, -0.25) is 0 Å². The van der Waals surface area contributed by atoms with Gasteiger partial charge in [-0.1, -0.05) is 0 Å². The van der Waals surface area contributed by atoms with Crippen molar-refractivity contribution in [1.29, 1.82) is 0 Å². The maximum atomic E-state index is 5.47. The van der Waals surface area contributed by atoms with Gasteiger partial charge in [0.15, 0.2) is 0 Å². The molecule has 2 heteroatoms. The van der Waals surface area contributed by atoms with Crippen LogP contribution in [0.5, 0.6) is 0 Å². The summed E-state index contributed by atoms with van der Waals surface area (Å²) in [6, 6.07) is 0. The third-order valence-corrected chi connectivity index (χ3v) is 4.29. The Hall–Kier alpha value is -0.0800. The molecule has 1 aliphatic carbocycles. The third-order valence-electron chi connectivity index (χ3n) is 4.29. The van der Waals surface area contributed by atoms with Crippen LogP contribution in [0.1, 0.15) is 25.7 Å². The van der Waals surface area contributed by atoms with Gasteiger partial charge >= 0.3 is 0 Å². The molecule has 13 heavy (non-hydrogen) atoms. The van der Waals surface area contributed by atoms with E-state index >= 15 is 0 Å². The van der Waals surface area contributed by atoms with Gasteiger partial charge in [-0.05, 0) is 49.5 Å².